The highest BCUT2D eigenvalue weighted by molar-refractivity contribution is 5.93. The molecule has 1 saturated heterocycles. The smallest absolute Gasteiger partial charge is 0.276 e. The second-order valence-corrected chi connectivity index (χ2v) is 7.84. The lowest BCUT2D eigenvalue weighted by Gasteiger charge is -2.22. The quantitative estimate of drug-likeness (QED) is 0.859. The van der Waals surface area contributed by atoms with E-state index < -0.39 is 0 Å². The molecule has 1 saturated carbocycles. The first-order valence-electron chi connectivity index (χ1n) is 9.24. The van der Waals surface area contributed by atoms with Gasteiger partial charge in [-0.05, 0) is 50.4 Å². The van der Waals surface area contributed by atoms with E-state index in [4.69, 9.17) is 0 Å². The van der Waals surface area contributed by atoms with Crippen LogP contribution in [0.1, 0.15) is 68.6 Å². The van der Waals surface area contributed by atoms with Crippen LogP contribution in [0.15, 0.2) is 0 Å². The van der Waals surface area contributed by atoms with E-state index in [9.17, 15) is 4.79 Å². The highest BCUT2D eigenvalue weighted by Gasteiger charge is 2.27. The zero-order valence-electron chi connectivity index (χ0n) is 14.8. The summed E-state index contributed by atoms with van der Waals surface area (Å²) in [5, 5.41) is 8.50. The number of carbonyl (C=O) groups excluding carboxylic acids is 1. The summed E-state index contributed by atoms with van der Waals surface area (Å²) in [6.07, 6.45) is 7.51. The predicted molar refractivity (Wildman–Crippen MR) is 90.2 cm³/mol. The number of rotatable bonds is 3. The van der Waals surface area contributed by atoms with E-state index in [1.165, 1.54) is 32.1 Å². The molecule has 1 aliphatic heterocycles. The van der Waals surface area contributed by atoms with Gasteiger partial charge in [-0.1, -0.05) is 31.9 Å². The van der Waals surface area contributed by atoms with Crippen molar-refractivity contribution in [3.8, 4) is 0 Å². The normalized spacial score (nSPS) is 26.5. The van der Waals surface area contributed by atoms with Crippen molar-refractivity contribution in [2.24, 2.45) is 17.8 Å². The fraction of sp³-hybridized carbons (Fsp3) is 0.833. The maximum Gasteiger partial charge on any atom is 0.276 e. The molecule has 0 radical (unpaired) electrons. The molecule has 1 amide bonds. The van der Waals surface area contributed by atoms with Crippen molar-refractivity contribution in [2.45, 2.75) is 65.8 Å². The number of nitrogens with zero attached hydrogens (tertiary/aromatic N) is 4. The summed E-state index contributed by atoms with van der Waals surface area (Å²) in [6.45, 7) is 9.13. The molecule has 2 fully saturated rings. The van der Waals surface area contributed by atoms with E-state index in [0.717, 1.165) is 31.7 Å². The number of amides is 1. The maximum atomic E-state index is 12.9. The molecule has 2 unspecified atom stereocenters. The summed E-state index contributed by atoms with van der Waals surface area (Å²) in [5.41, 5.74) is 1.50. The van der Waals surface area contributed by atoms with Crippen LogP contribution in [-0.2, 0) is 6.54 Å². The zero-order valence-corrected chi connectivity index (χ0v) is 14.8. The zero-order chi connectivity index (χ0) is 16.4. The average Bonchev–Trinajstić information content (AvgIpc) is 3.10. The van der Waals surface area contributed by atoms with Gasteiger partial charge in [0.05, 0.1) is 5.69 Å². The van der Waals surface area contributed by atoms with E-state index in [-0.39, 0.29) is 5.91 Å². The van der Waals surface area contributed by atoms with Crippen LogP contribution in [0.3, 0.4) is 0 Å². The topological polar surface area (TPSA) is 51.0 Å². The Morgan fingerprint density at radius 3 is 2.65 bits per heavy atom. The first kappa shape index (κ1) is 16.5. The van der Waals surface area contributed by atoms with E-state index >= 15 is 0 Å². The molecule has 3 rings (SSSR count). The number of hydrogen-bond acceptors (Lipinski definition) is 3. The average molecular weight is 318 g/mol. The molecule has 1 aliphatic carbocycles. The minimum Gasteiger partial charge on any atom is -0.337 e. The Labute approximate surface area is 139 Å². The monoisotopic (exact) mass is 318 g/mol. The van der Waals surface area contributed by atoms with Crippen LogP contribution in [0.25, 0.3) is 0 Å². The van der Waals surface area contributed by atoms with Crippen LogP contribution < -0.4 is 0 Å². The Morgan fingerprint density at radius 2 is 1.91 bits per heavy atom. The van der Waals surface area contributed by atoms with Gasteiger partial charge < -0.3 is 4.90 Å². The first-order valence-corrected chi connectivity index (χ1v) is 9.24. The number of carbonyl (C=O) groups is 1. The third-order valence-corrected chi connectivity index (χ3v) is 5.61. The van der Waals surface area contributed by atoms with E-state index in [2.05, 4.69) is 24.2 Å². The lowest BCUT2D eigenvalue weighted by Crippen LogP contribution is -2.34. The lowest BCUT2D eigenvalue weighted by atomic mass is 9.97. The second kappa shape index (κ2) is 7.02. The summed E-state index contributed by atoms with van der Waals surface area (Å²) in [6, 6.07) is 0. The van der Waals surface area contributed by atoms with E-state index in [1.54, 1.807) is 0 Å². The van der Waals surface area contributed by atoms with Crippen molar-refractivity contribution in [1.82, 2.24) is 19.9 Å². The Bertz CT molecular complexity index is 547. The Kier molecular flexibility index (Phi) is 5.02. The van der Waals surface area contributed by atoms with Crippen molar-refractivity contribution < 1.29 is 4.79 Å². The molecule has 0 N–H and O–H groups in total. The van der Waals surface area contributed by atoms with Gasteiger partial charge >= 0.3 is 0 Å². The molecule has 23 heavy (non-hydrogen) atoms. The standard InChI is InChI=1S/C18H30N4O/c1-13-8-9-21(11-14(2)10-13)18(23)17-15(3)22(20-19-17)12-16-6-4-5-7-16/h13-14,16H,4-12H2,1-3H3. The molecule has 5 nitrogen and oxygen atoms in total. The van der Waals surface area contributed by atoms with Gasteiger partial charge in [0.25, 0.3) is 5.91 Å². The molecule has 1 aromatic rings. The number of likely N-dealkylation sites (tertiary alicyclic amines) is 1. The second-order valence-electron chi connectivity index (χ2n) is 7.84. The van der Waals surface area contributed by atoms with E-state index in [1.807, 2.05) is 16.5 Å². The fourth-order valence-electron chi connectivity index (χ4n) is 4.23. The van der Waals surface area contributed by atoms with Crippen molar-refractivity contribution in [3.63, 3.8) is 0 Å². The molecule has 2 atom stereocenters. The molecule has 0 aromatic carbocycles. The van der Waals surface area contributed by atoms with Crippen molar-refractivity contribution in [1.29, 1.82) is 0 Å². The van der Waals surface area contributed by atoms with Crippen LogP contribution in [-0.4, -0.2) is 38.9 Å². The van der Waals surface area contributed by atoms with Crippen LogP contribution in [0.4, 0.5) is 0 Å². The van der Waals surface area contributed by atoms with Gasteiger partial charge in [0.1, 0.15) is 0 Å². The van der Waals surface area contributed by atoms with Gasteiger partial charge in [-0.15, -0.1) is 5.10 Å². The lowest BCUT2D eigenvalue weighted by molar-refractivity contribution is 0.0737. The molecule has 5 heteroatoms. The predicted octanol–water partition coefficient (Wildman–Crippen LogP) is 3.28. The summed E-state index contributed by atoms with van der Waals surface area (Å²) >= 11 is 0. The molecule has 2 heterocycles. The van der Waals surface area contributed by atoms with Crippen LogP contribution in [0.5, 0.6) is 0 Å². The van der Waals surface area contributed by atoms with Crippen molar-refractivity contribution >= 4 is 5.91 Å². The highest BCUT2D eigenvalue weighted by Crippen LogP contribution is 2.27. The number of hydrogen-bond donors (Lipinski definition) is 0. The largest absolute Gasteiger partial charge is 0.337 e. The van der Waals surface area contributed by atoms with Crippen LogP contribution in [0.2, 0.25) is 0 Å². The van der Waals surface area contributed by atoms with Crippen molar-refractivity contribution in [2.75, 3.05) is 13.1 Å². The molecule has 128 valence electrons. The third kappa shape index (κ3) is 3.75. The summed E-state index contributed by atoms with van der Waals surface area (Å²) in [7, 11) is 0. The molecule has 0 spiro atoms. The number of aromatic nitrogens is 3. The Morgan fingerprint density at radius 1 is 1.17 bits per heavy atom. The maximum absolute atomic E-state index is 12.9. The summed E-state index contributed by atoms with van der Waals surface area (Å²) in [5.74, 6) is 2.03. The first-order chi connectivity index (χ1) is 11.0. The molecular formula is C18H30N4O. The van der Waals surface area contributed by atoms with Gasteiger partial charge in [0.15, 0.2) is 5.69 Å². The molecule has 1 aromatic heterocycles. The van der Waals surface area contributed by atoms with Gasteiger partial charge in [0, 0.05) is 19.6 Å². The molecule has 0 bridgehead atoms. The summed E-state index contributed by atoms with van der Waals surface area (Å²) < 4.78 is 1.95. The fourth-order valence-corrected chi connectivity index (χ4v) is 4.23. The minimum atomic E-state index is 0.0705. The molecular weight excluding hydrogens is 288 g/mol. The summed E-state index contributed by atoms with van der Waals surface area (Å²) in [4.78, 5) is 14.9. The SMILES string of the molecule is Cc1c(C(=O)N2CCC(C)CC(C)C2)nnn1CC1CCCC1. The van der Waals surface area contributed by atoms with Gasteiger partial charge in [-0.25, -0.2) is 4.68 Å². The Hall–Kier alpha value is -1.39. The van der Waals surface area contributed by atoms with Crippen molar-refractivity contribution in [3.05, 3.63) is 11.4 Å². The third-order valence-electron chi connectivity index (χ3n) is 5.61. The van der Waals surface area contributed by atoms with Gasteiger partial charge in [-0.2, -0.15) is 0 Å². The highest BCUT2D eigenvalue weighted by atomic mass is 16.2. The van der Waals surface area contributed by atoms with Crippen LogP contribution in [0, 0.1) is 24.7 Å². The van der Waals surface area contributed by atoms with Gasteiger partial charge in [-0.3, -0.25) is 4.79 Å². The van der Waals surface area contributed by atoms with Crippen LogP contribution >= 0.6 is 0 Å². The molecule has 2 aliphatic rings. The van der Waals surface area contributed by atoms with E-state index in [0.29, 0.717) is 23.4 Å². The van der Waals surface area contributed by atoms with Gasteiger partial charge in [0.2, 0.25) is 0 Å². The Balaban J connectivity index is 1.70. The minimum absolute atomic E-state index is 0.0705.